The minimum atomic E-state index is -0.988. The van der Waals surface area contributed by atoms with E-state index in [-0.39, 0.29) is 36.1 Å². The first-order valence-electron chi connectivity index (χ1n) is 10.6. The van der Waals surface area contributed by atoms with Crippen LogP contribution >= 0.6 is 0 Å². The minimum Gasteiger partial charge on any atom is -0.550 e. The molecule has 0 aliphatic rings. The number of carboxylic acids is 1. The summed E-state index contributed by atoms with van der Waals surface area (Å²) in [5.74, 6) is -1.44. The third kappa shape index (κ3) is 20.6. The molecule has 25 heavy (non-hydrogen) atoms. The van der Waals surface area contributed by atoms with Gasteiger partial charge in [-0.05, 0) is 6.42 Å². The molecule has 0 fully saturated rings. The Morgan fingerprint density at radius 2 is 1.04 bits per heavy atom. The average Bonchev–Trinajstić information content (AvgIpc) is 2.57. The zero-order valence-electron chi connectivity index (χ0n) is 17.2. The Morgan fingerprint density at radius 3 is 1.32 bits per heavy atom. The van der Waals surface area contributed by atoms with Gasteiger partial charge >= 0.3 is 29.6 Å². The fourth-order valence-corrected chi connectivity index (χ4v) is 3.27. The summed E-state index contributed by atoms with van der Waals surface area (Å²) in [6, 6.07) is 0. The smallest absolute Gasteiger partial charge is 0.550 e. The second-order valence-electron chi connectivity index (χ2n) is 7.34. The van der Waals surface area contributed by atoms with E-state index >= 15 is 0 Å². The van der Waals surface area contributed by atoms with Crippen molar-refractivity contribution in [3.63, 3.8) is 0 Å². The van der Waals surface area contributed by atoms with Crippen molar-refractivity contribution in [3.8, 4) is 0 Å². The van der Waals surface area contributed by atoms with Crippen molar-refractivity contribution < 1.29 is 39.5 Å². The molecule has 0 saturated heterocycles. The molecule has 0 saturated carbocycles. The Bertz CT molecular complexity index is 275. The Hall–Kier alpha value is 0.430. The number of aliphatic carboxylic acids is 1. The number of hydrogen-bond acceptors (Lipinski definition) is 3. The van der Waals surface area contributed by atoms with Crippen LogP contribution in [-0.4, -0.2) is 12.5 Å². The van der Waals surface area contributed by atoms with Crippen molar-refractivity contribution in [1.82, 2.24) is 0 Å². The van der Waals surface area contributed by atoms with Crippen LogP contribution < -0.4 is 40.4 Å². The zero-order valence-corrected chi connectivity index (χ0v) is 19.2. The third-order valence-corrected chi connectivity index (χ3v) is 5.02. The second-order valence-corrected chi connectivity index (χ2v) is 7.34. The van der Waals surface area contributed by atoms with Crippen molar-refractivity contribution in [2.24, 2.45) is 11.7 Å². The van der Waals surface area contributed by atoms with Crippen LogP contribution in [-0.2, 0) is 4.79 Å². The van der Waals surface area contributed by atoms with Crippen LogP contribution in [0.25, 0.3) is 0 Å². The Kier molecular flexibility index (Phi) is 24.9. The van der Waals surface area contributed by atoms with Crippen LogP contribution in [0.1, 0.15) is 116 Å². The summed E-state index contributed by atoms with van der Waals surface area (Å²) in [5, 5.41) is 10.7. The fraction of sp³-hybridized carbons (Fsp3) is 0.952. The van der Waals surface area contributed by atoms with Gasteiger partial charge in [-0.2, -0.15) is 0 Å². The van der Waals surface area contributed by atoms with Crippen molar-refractivity contribution >= 4 is 5.97 Å². The fourth-order valence-electron chi connectivity index (χ4n) is 3.27. The molecule has 2 N–H and O–H groups in total. The van der Waals surface area contributed by atoms with Crippen molar-refractivity contribution in [2.45, 2.75) is 116 Å². The molecule has 0 bridgehead atoms. The van der Waals surface area contributed by atoms with Crippen LogP contribution in [0.2, 0.25) is 0 Å². The first-order valence-corrected chi connectivity index (χ1v) is 10.6. The summed E-state index contributed by atoms with van der Waals surface area (Å²) in [5.41, 5.74) is 5.42. The number of rotatable bonds is 19. The predicted octanol–water partition coefficient (Wildman–Crippen LogP) is 1.97. The summed E-state index contributed by atoms with van der Waals surface area (Å²) in [7, 11) is 0. The van der Waals surface area contributed by atoms with E-state index in [0.717, 1.165) is 12.8 Å². The molecule has 0 aromatic carbocycles. The van der Waals surface area contributed by atoms with Gasteiger partial charge in [0.1, 0.15) is 0 Å². The zero-order chi connectivity index (χ0) is 17.9. The summed E-state index contributed by atoms with van der Waals surface area (Å²) in [6.45, 7) is 2.48. The van der Waals surface area contributed by atoms with E-state index in [1.54, 1.807) is 0 Å². The normalized spacial score (nSPS) is 11.9. The molecular weight excluding hydrogens is 321 g/mol. The number of hydrogen-bond donors (Lipinski definition) is 1. The maximum Gasteiger partial charge on any atom is 1.00 e. The van der Waals surface area contributed by atoms with E-state index in [9.17, 15) is 9.90 Å². The molecule has 0 aliphatic carbocycles. The van der Waals surface area contributed by atoms with Gasteiger partial charge in [-0.3, -0.25) is 0 Å². The molecule has 1 unspecified atom stereocenters. The molecule has 0 amide bonds. The van der Waals surface area contributed by atoms with Crippen molar-refractivity contribution in [1.29, 1.82) is 0 Å². The SMILES string of the molecule is CCCCCCCCCCCCCCCCCCC(CN)C(=O)[O-].[Na+]. The van der Waals surface area contributed by atoms with Gasteiger partial charge in [-0.25, -0.2) is 0 Å². The maximum absolute atomic E-state index is 10.7. The Labute approximate surface area is 179 Å². The van der Waals surface area contributed by atoms with E-state index in [2.05, 4.69) is 6.92 Å². The van der Waals surface area contributed by atoms with Gasteiger partial charge in [-0.15, -0.1) is 0 Å². The third-order valence-electron chi connectivity index (χ3n) is 5.02. The van der Waals surface area contributed by atoms with Crippen LogP contribution in [0.5, 0.6) is 0 Å². The molecule has 0 aromatic heterocycles. The van der Waals surface area contributed by atoms with E-state index in [1.165, 1.54) is 89.9 Å². The number of unbranched alkanes of at least 4 members (excludes halogenated alkanes) is 15. The van der Waals surface area contributed by atoms with Gasteiger partial charge in [0, 0.05) is 18.4 Å². The van der Waals surface area contributed by atoms with Gasteiger partial charge < -0.3 is 15.6 Å². The summed E-state index contributed by atoms with van der Waals surface area (Å²) in [6.07, 6.45) is 22.1. The molecule has 0 aliphatic heterocycles. The maximum atomic E-state index is 10.7. The predicted molar refractivity (Wildman–Crippen MR) is 102 cm³/mol. The van der Waals surface area contributed by atoms with Crippen molar-refractivity contribution in [2.75, 3.05) is 6.54 Å². The quantitative estimate of drug-likeness (QED) is 0.282. The number of carbonyl (C=O) groups is 1. The van der Waals surface area contributed by atoms with Crippen LogP contribution in [0.15, 0.2) is 0 Å². The molecule has 144 valence electrons. The molecule has 4 heteroatoms. The topological polar surface area (TPSA) is 66.2 Å². The molecule has 3 nitrogen and oxygen atoms in total. The Morgan fingerprint density at radius 1 is 0.720 bits per heavy atom. The van der Waals surface area contributed by atoms with Gasteiger partial charge in [0.2, 0.25) is 0 Å². The standard InChI is InChI=1S/C21H43NO2.Na/c1-2-3-4-5-6-7-8-9-10-11-12-13-14-15-16-17-18-20(19-22)21(23)24;/h20H,2-19,22H2,1H3,(H,23,24);/q;+1/p-1. The summed E-state index contributed by atoms with van der Waals surface area (Å²) >= 11 is 0. The van der Waals surface area contributed by atoms with Crippen molar-refractivity contribution in [3.05, 3.63) is 0 Å². The monoisotopic (exact) mass is 363 g/mol. The van der Waals surface area contributed by atoms with Crippen LogP contribution in [0.4, 0.5) is 0 Å². The molecule has 0 radical (unpaired) electrons. The van der Waals surface area contributed by atoms with Gasteiger partial charge in [0.15, 0.2) is 0 Å². The van der Waals surface area contributed by atoms with Crippen LogP contribution in [0.3, 0.4) is 0 Å². The summed E-state index contributed by atoms with van der Waals surface area (Å²) < 4.78 is 0. The first-order chi connectivity index (χ1) is 11.7. The van der Waals surface area contributed by atoms with Crippen LogP contribution in [0, 0.1) is 5.92 Å². The molecule has 0 heterocycles. The number of carbonyl (C=O) groups excluding carboxylic acids is 1. The molecule has 0 rings (SSSR count). The molecule has 0 aromatic rings. The molecule has 0 spiro atoms. The average molecular weight is 364 g/mol. The van der Waals surface area contributed by atoms with E-state index < -0.39 is 11.9 Å². The second kappa shape index (κ2) is 22.5. The van der Waals surface area contributed by atoms with Gasteiger partial charge in [-0.1, -0.05) is 110 Å². The number of nitrogens with two attached hydrogens (primary N) is 1. The number of carboxylic acid groups (broad SMARTS) is 1. The summed E-state index contributed by atoms with van der Waals surface area (Å²) in [4.78, 5) is 10.7. The van der Waals surface area contributed by atoms with Gasteiger partial charge in [0.05, 0.1) is 0 Å². The minimum absolute atomic E-state index is 0. The molecular formula is C21H42NNaO2. The molecule has 1 atom stereocenters. The van der Waals surface area contributed by atoms with Gasteiger partial charge in [0.25, 0.3) is 0 Å². The largest absolute Gasteiger partial charge is 1.00 e. The Balaban J connectivity index is 0. The van der Waals surface area contributed by atoms with E-state index in [1.807, 2.05) is 0 Å². The first kappa shape index (κ1) is 27.6. The van der Waals surface area contributed by atoms with E-state index in [4.69, 9.17) is 5.73 Å². The van der Waals surface area contributed by atoms with E-state index in [0.29, 0.717) is 6.42 Å².